The van der Waals surface area contributed by atoms with Gasteiger partial charge in [0.25, 0.3) is 0 Å². The molecule has 6 atom stereocenters. The van der Waals surface area contributed by atoms with Crippen molar-refractivity contribution in [3.63, 3.8) is 0 Å². The molecular formula is C27H30O11. The lowest BCUT2D eigenvalue weighted by Gasteiger charge is -2.42. The van der Waals surface area contributed by atoms with Crippen LogP contribution in [0.25, 0.3) is 22.3 Å². The zero-order chi connectivity index (χ0) is 27.7. The van der Waals surface area contributed by atoms with Crippen molar-refractivity contribution in [3.8, 4) is 28.6 Å². The summed E-state index contributed by atoms with van der Waals surface area (Å²) < 4.78 is 22.8. The van der Waals surface area contributed by atoms with Gasteiger partial charge in [0.05, 0.1) is 25.2 Å². The predicted octanol–water partition coefficient (Wildman–Crippen LogP) is 1.99. The molecule has 0 amide bonds. The van der Waals surface area contributed by atoms with E-state index < -0.39 is 60.2 Å². The van der Waals surface area contributed by atoms with Crippen molar-refractivity contribution < 1.29 is 49.0 Å². The molecule has 204 valence electrons. The van der Waals surface area contributed by atoms with Crippen LogP contribution < -0.4 is 10.2 Å². The molecule has 1 aliphatic heterocycles. The fourth-order valence-corrected chi connectivity index (χ4v) is 4.40. The molecule has 38 heavy (non-hydrogen) atoms. The molecule has 2 heterocycles. The van der Waals surface area contributed by atoms with Gasteiger partial charge >= 0.3 is 5.97 Å². The monoisotopic (exact) mass is 530 g/mol. The summed E-state index contributed by atoms with van der Waals surface area (Å²) in [7, 11) is 1.29. The predicted molar refractivity (Wildman–Crippen MR) is 134 cm³/mol. The van der Waals surface area contributed by atoms with Crippen LogP contribution in [0.2, 0.25) is 0 Å². The van der Waals surface area contributed by atoms with Gasteiger partial charge in [-0.05, 0) is 30.7 Å². The highest BCUT2D eigenvalue weighted by atomic mass is 16.6. The standard InChI is InChI=1S/C27H30O11/c1-4-12(2)27(34)38-26-22(32)19(11-28)37-25(23(26)33)21-18(35-3)10-16(31)20-15(30)9-17(36-24(20)21)13-5-7-14(29)8-6-13/h5-10,12,19,22-23,25-26,28-29,31-33H,4,11H2,1-3H3/t12-,19+,22-,23-,25+,26+/m1/s1. The topological polar surface area (TPSA) is 176 Å². The molecule has 1 fully saturated rings. The molecule has 0 radical (unpaired) electrons. The molecule has 4 rings (SSSR count). The summed E-state index contributed by atoms with van der Waals surface area (Å²) in [6.45, 7) is 2.74. The largest absolute Gasteiger partial charge is 0.508 e. The number of hydrogen-bond acceptors (Lipinski definition) is 11. The lowest BCUT2D eigenvalue weighted by Crippen LogP contribution is -2.57. The van der Waals surface area contributed by atoms with E-state index in [0.29, 0.717) is 12.0 Å². The maximum absolute atomic E-state index is 13.1. The van der Waals surface area contributed by atoms with Crippen molar-refractivity contribution >= 4 is 16.9 Å². The fraction of sp³-hybridized carbons (Fsp3) is 0.407. The highest BCUT2D eigenvalue weighted by Gasteiger charge is 2.49. The highest BCUT2D eigenvalue weighted by Crippen LogP contribution is 2.44. The van der Waals surface area contributed by atoms with E-state index in [0.717, 1.165) is 6.07 Å². The van der Waals surface area contributed by atoms with Crippen LogP contribution in [0, 0.1) is 5.92 Å². The first-order valence-electron chi connectivity index (χ1n) is 12.1. The number of phenolic OH excluding ortho intramolecular Hbond substituents is 2. The van der Waals surface area contributed by atoms with E-state index in [-0.39, 0.29) is 33.8 Å². The third-order valence-corrected chi connectivity index (χ3v) is 6.77. The Balaban J connectivity index is 1.92. The van der Waals surface area contributed by atoms with Crippen LogP contribution in [-0.4, -0.2) is 69.6 Å². The number of hydrogen-bond donors (Lipinski definition) is 5. The molecule has 11 nitrogen and oxygen atoms in total. The van der Waals surface area contributed by atoms with Gasteiger partial charge in [0, 0.05) is 17.7 Å². The zero-order valence-electron chi connectivity index (χ0n) is 21.0. The molecule has 11 heteroatoms. The fourth-order valence-electron chi connectivity index (χ4n) is 4.40. The van der Waals surface area contributed by atoms with Crippen molar-refractivity contribution in [1.29, 1.82) is 0 Å². The third kappa shape index (κ3) is 4.93. The van der Waals surface area contributed by atoms with Gasteiger partial charge in [-0.3, -0.25) is 9.59 Å². The Kier molecular flexibility index (Phi) is 7.93. The number of carbonyl (C=O) groups excluding carboxylic acids is 1. The first-order chi connectivity index (χ1) is 18.1. The number of ether oxygens (including phenoxy) is 3. The van der Waals surface area contributed by atoms with Gasteiger partial charge in [-0.1, -0.05) is 13.8 Å². The minimum Gasteiger partial charge on any atom is -0.508 e. The molecule has 3 aromatic rings. The first-order valence-corrected chi connectivity index (χ1v) is 12.1. The van der Waals surface area contributed by atoms with E-state index in [4.69, 9.17) is 18.6 Å². The summed E-state index contributed by atoms with van der Waals surface area (Å²) in [5.41, 5.74) is -0.356. The number of rotatable bonds is 7. The SMILES string of the molecule is CC[C@@H](C)C(=O)O[C@H]1[C@H](O)[C@H](CO)O[C@@H](c2c(OC)cc(O)c3c(=O)cc(-c4ccc(O)cc4)oc23)[C@H]1O. The summed E-state index contributed by atoms with van der Waals surface area (Å²) >= 11 is 0. The lowest BCUT2D eigenvalue weighted by atomic mass is 9.89. The van der Waals surface area contributed by atoms with Crippen LogP contribution in [0.1, 0.15) is 31.9 Å². The van der Waals surface area contributed by atoms with Gasteiger partial charge in [-0.2, -0.15) is 0 Å². The number of fused-ring (bicyclic) bond motifs is 1. The number of methoxy groups -OCH3 is 1. The molecule has 0 aliphatic carbocycles. The smallest absolute Gasteiger partial charge is 0.309 e. The normalized spacial score (nSPS) is 24.2. The second-order valence-electron chi connectivity index (χ2n) is 9.21. The Morgan fingerprint density at radius 1 is 1.11 bits per heavy atom. The van der Waals surface area contributed by atoms with Crippen LogP contribution in [0.4, 0.5) is 0 Å². The number of carbonyl (C=O) groups is 1. The Hall–Kier alpha value is -3.64. The van der Waals surface area contributed by atoms with E-state index >= 15 is 0 Å². The van der Waals surface area contributed by atoms with Crippen LogP contribution in [0.5, 0.6) is 17.2 Å². The van der Waals surface area contributed by atoms with Gasteiger partial charge in [0.1, 0.15) is 52.8 Å². The summed E-state index contributed by atoms with van der Waals surface area (Å²) in [4.78, 5) is 25.6. The molecule has 0 bridgehead atoms. The highest BCUT2D eigenvalue weighted by molar-refractivity contribution is 5.89. The number of aliphatic hydroxyl groups excluding tert-OH is 3. The molecule has 1 aromatic heterocycles. The van der Waals surface area contributed by atoms with Crippen molar-refractivity contribution in [2.24, 2.45) is 5.92 Å². The Bertz CT molecular complexity index is 1360. The quantitative estimate of drug-likeness (QED) is 0.282. The summed E-state index contributed by atoms with van der Waals surface area (Å²) in [6.07, 6.45) is -6.96. The minimum atomic E-state index is -1.68. The maximum Gasteiger partial charge on any atom is 0.309 e. The molecule has 0 unspecified atom stereocenters. The van der Waals surface area contributed by atoms with Crippen molar-refractivity contribution in [2.45, 2.75) is 50.8 Å². The molecular weight excluding hydrogens is 500 g/mol. The van der Waals surface area contributed by atoms with Crippen LogP contribution in [-0.2, 0) is 14.3 Å². The Labute approximate surface area is 217 Å². The second-order valence-corrected chi connectivity index (χ2v) is 9.21. The van der Waals surface area contributed by atoms with E-state index in [9.17, 15) is 35.1 Å². The van der Waals surface area contributed by atoms with E-state index in [2.05, 4.69) is 0 Å². The number of esters is 1. The molecule has 0 spiro atoms. The van der Waals surface area contributed by atoms with Crippen molar-refractivity contribution in [2.75, 3.05) is 13.7 Å². The average molecular weight is 531 g/mol. The molecule has 5 N–H and O–H groups in total. The van der Waals surface area contributed by atoms with E-state index in [1.54, 1.807) is 13.8 Å². The van der Waals surface area contributed by atoms with Crippen molar-refractivity contribution in [1.82, 2.24) is 0 Å². The van der Waals surface area contributed by atoms with Gasteiger partial charge in [0.15, 0.2) is 17.1 Å². The zero-order valence-corrected chi connectivity index (χ0v) is 21.0. The summed E-state index contributed by atoms with van der Waals surface area (Å²) in [5.74, 6) is -1.56. The van der Waals surface area contributed by atoms with Crippen molar-refractivity contribution in [3.05, 3.63) is 52.2 Å². The van der Waals surface area contributed by atoms with E-state index in [1.165, 1.54) is 37.4 Å². The van der Waals surface area contributed by atoms with E-state index in [1.807, 2.05) is 0 Å². The second kappa shape index (κ2) is 11.0. The molecule has 1 aliphatic rings. The summed E-state index contributed by atoms with van der Waals surface area (Å²) in [5, 5.41) is 51.9. The van der Waals surface area contributed by atoms with Crippen LogP contribution >= 0.6 is 0 Å². The van der Waals surface area contributed by atoms with Gasteiger partial charge < -0.3 is 44.2 Å². The van der Waals surface area contributed by atoms with Gasteiger partial charge in [-0.25, -0.2) is 0 Å². The maximum atomic E-state index is 13.1. The Morgan fingerprint density at radius 3 is 2.39 bits per heavy atom. The van der Waals surface area contributed by atoms with Crippen LogP contribution in [0.15, 0.2) is 45.6 Å². The number of phenols is 2. The molecule has 1 saturated heterocycles. The lowest BCUT2D eigenvalue weighted by molar-refractivity contribution is -0.242. The average Bonchev–Trinajstić information content (AvgIpc) is 2.90. The Morgan fingerprint density at radius 2 is 1.79 bits per heavy atom. The van der Waals surface area contributed by atoms with Gasteiger partial charge in [0.2, 0.25) is 0 Å². The van der Waals surface area contributed by atoms with Crippen LogP contribution in [0.3, 0.4) is 0 Å². The third-order valence-electron chi connectivity index (χ3n) is 6.77. The first kappa shape index (κ1) is 27.4. The minimum absolute atomic E-state index is 0.000433. The number of aromatic hydroxyl groups is 2. The van der Waals surface area contributed by atoms with Gasteiger partial charge in [-0.15, -0.1) is 0 Å². The number of aliphatic hydroxyl groups is 3. The summed E-state index contributed by atoms with van der Waals surface area (Å²) in [6, 6.07) is 8.17. The molecule has 0 saturated carbocycles. The number of benzene rings is 2. The molecule has 2 aromatic carbocycles.